The zero-order valence-corrected chi connectivity index (χ0v) is 12.7. The van der Waals surface area contributed by atoms with Crippen LogP contribution in [-0.2, 0) is 0 Å². The lowest BCUT2D eigenvalue weighted by atomic mass is 10.1. The summed E-state index contributed by atoms with van der Waals surface area (Å²) in [6.45, 7) is 16.2. The number of rotatable bonds is 7. The molecule has 0 spiro atoms. The maximum atomic E-state index is 3.59. The quantitative estimate of drug-likeness (QED) is 0.735. The third-order valence-corrected chi connectivity index (χ3v) is 3.61. The van der Waals surface area contributed by atoms with E-state index in [0.29, 0.717) is 12.1 Å². The Labute approximate surface area is 108 Å². The molecule has 1 N–H and O–H groups in total. The summed E-state index contributed by atoms with van der Waals surface area (Å²) in [6, 6.07) is 1.38. The minimum Gasteiger partial charge on any atom is -0.312 e. The van der Waals surface area contributed by atoms with Crippen molar-refractivity contribution in [2.75, 3.05) is 13.1 Å². The Morgan fingerprint density at radius 1 is 1.18 bits per heavy atom. The third-order valence-electron chi connectivity index (χ3n) is 3.61. The van der Waals surface area contributed by atoms with Gasteiger partial charge in [0.1, 0.15) is 0 Å². The lowest BCUT2D eigenvalue weighted by Gasteiger charge is -2.33. The van der Waals surface area contributed by atoms with Gasteiger partial charge in [-0.15, -0.1) is 0 Å². The average Bonchev–Trinajstić information content (AvgIpc) is 2.94. The largest absolute Gasteiger partial charge is 0.312 e. The molecule has 1 saturated carbocycles. The van der Waals surface area contributed by atoms with E-state index in [1.807, 2.05) is 0 Å². The molecule has 0 saturated heterocycles. The highest BCUT2D eigenvalue weighted by atomic mass is 15.2. The summed E-state index contributed by atoms with van der Waals surface area (Å²) in [7, 11) is 0. The Bertz CT molecular complexity index is 213. The highest BCUT2D eigenvalue weighted by Crippen LogP contribution is 2.31. The van der Waals surface area contributed by atoms with Crippen LogP contribution >= 0.6 is 0 Å². The van der Waals surface area contributed by atoms with Crippen molar-refractivity contribution < 1.29 is 0 Å². The van der Waals surface area contributed by atoms with Crippen molar-refractivity contribution in [3.05, 3.63) is 0 Å². The van der Waals surface area contributed by atoms with Crippen LogP contribution in [0.5, 0.6) is 0 Å². The summed E-state index contributed by atoms with van der Waals surface area (Å²) >= 11 is 0. The molecular weight excluding hydrogens is 208 g/mol. The fraction of sp³-hybridized carbons (Fsp3) is 1.00. The predicted octanol–water partition coefficient (Wildman–Crippen LogP) is 3.27. The van der Waals surface area contributed by atoms with Gasteiger partial charge < -0.3 is 5.32 Å². The first-order valence-electron chi connectivity index (χ1n) is 7.30. The topological polar surface area (TPSA) is 15.3 Å². The summed E-state index contributed by atoms with van der Waals surface area (Å²) in [5.41, 5.74) is 0.249. The normalized spacial score (nSPS) is 19.1. The number of nitrogens with zero attached hydrogens (tertiary/aromatic N) is 1. The molecule has 0 aliphatic heterocycles. The molecule has 2 nitrogen and oxygen atoms in total. The first-order chi connectivity index (χ1) is 7.79. The van der Waals surface area contributed by atoms with Gasteiger partial charge in [0.15, 0.2) is 0 Å². The van der Waals surface area contributed by atoms with E-state index in [4.69, 9.17) is 0 Å². The maximum absolute atomic E-state index is 3.59. The molecule has 0 aromatic heterocycles. The zero-order chi connectivity index (χ0) is 13.1. The highest BCUT2D eigenvalue weighted by Gasteiger charge is 2.27. The summed E-state index contributed by atoms with van der Waals surface area (Å²) in [5, 5.41) is 3.59. The molecular formula is C15H32N2. The zero-order valence-electron chi connectivity index (χ0n) is 12.7. The van der Waals surface area contributed by atoms with Crippen molar-refractivity contribution in [2.45, 2.75) is 78.4 Å². The van der Waals surface area contributed by atoms with E-state index in [0.717, 1.165) is 12.5 Å². The predicted molar refractivity (Wildman–Crippen MR) is 76.4 cm³/mol. The molecule has 0 aromatic carbocycles. The second-order valence-electron chi connectivity index (χ2n) is 7.05. The SMILES string of the molecule is CC(C)N(CC1CC1)C(C)CCNC(C)(C)C. The van der Waals surface area contributed by atoms with Gasteiger partial charge in [-0.25, -0.2) is 0 Å². The van der Waals surface area contributed by atoms with Crippen LogP contribution in [0.2, 0.25) is 0 Å². The average molecular weight is 240 g/mol. The van der Waals surface area contributed by atoms with Gasteiger partial charge >= 0.3 is 0 Å². The van der Waals surface area contributed by atoms with Crippen LogP contribution in [0.3, 0.4) is 0 Å². The maximum Gasteiger partial charge on any atom is 0.00965 e. The van der Waals surface area contributed by atoms with E-state index < -0.39 is 0 Å². The van der Waals surface area contributed by atoms with Crippen LogP contribution in [0.4, 0.5) is 0 Å². The van der Waals surface area contributed by atoms with Gasteiger partial charge in [-0.05, 0) is 73.3 Å². The fourth-order valence-electron chi connectivity index (χ4n) is 2.32. The Hall–Kier alpha value is -0.0800. The lowest BCUT2D eigenvalue weighted by Crippen LogP contribution is -2.43. The third kappa shape index (κ3) is 6.42. The monoisotopic (exact) mass is 240 g/mol. The van der Waals surface area contributed by atoms with Gasteiger partial charge in [-0.2, -0.15) is 0 Å². The summed E-state index contributed by atoms with van der Waals surface area (Å²) in [4.78, 5) is 2.68. The summed E-state index contributed by atoms with van der Waals surface area (Å²) in [6.07, 6.45) is 4.16. The smallest absolute Gasteiger partial charge is 0.00965 e. The summed E-state index contributed by atoms with van der Waals surface area (Å²) < 4.78 is 0. The van der Waals surface area contributed by atoms with E-state index in [9.17, 15) is 0 Å². The van der Waals surface area contributed by atoms with Crippen molar-refractivity contribution in [1.82, 2.24) is 10.2 Å². The Morgan fingerprint density at radius 3 is 2.18 bits per heavy atom. The van der Waals surface area contributed by atoms with Crippen molar-refractivity contribution in [3.8, 4) is 0 Å². The molecule has 1 aliphatic carbocycles. The minimum atomic E-state index is 0.249. The van der Waals surface area contributed by atoms with E-state index in [-0.39, 0.29) is 5.54 Å². The Morgan fingerprint density at radius 2 is 1.76 bits per heavy atom. The molecule has 1 rings (SSSR count). The van der Waals surface area contributed by atoms with E-state index in [1.54, 1.807) is 0 Å². The van der Waals surface area contributed by atoms with Crippen LogP contribution in [-0.4, -0.2) is 35.6 Å². The van der Waals surface area contributed by atoms with E-state index >= 15 is 0 Å². The van der Waals surface area contributed by atoms with Gasteiger partial charge in [-0.1, -0.05) is 0 Å². The first kappa shape index (κ1) is 15.0. The fourth-order valence-corrected chi connectivity index (χ4v) is 2.32. The molecule has 102 valence electrons. The highest BCUT2D eigenvalue weighted by molar-refractivity contribution is 4.82. The molecule has 1 atom stereocenters. The molecule has 1 fully saturated rings. The Kier molecular flexibility index (Phi) is 5.46. The summed E-state index contributed by atoms with van der Waals surface area (Å²) in [5.74, 6) is 0.996. The minimum absolute atomic E-state index is 0.249. The van der Waals surface area contributed by atoms with Gasteiger partial charge in [0.25, 0.3) is 0 Å². The van der Waals surface area contributed by atoms with Crippen molar-refractivity contribution in [3.63, 3.8) is 0 Å². The molecule has 1 aliphatic rings. The van der Waals surface area contributed by atoms with Crippen molar-refractivity contribution in [1.29, 1.82) is 0 Å². The second kappa shape index (κ2) is 6.19. The molecule has 2 heteroatoms. The standard InChI is InChI=1S/C15H32N2/c1-12(2)17(11-14-7-8-14)13(3)9-10-16-15(4,5)6/h12-14,16H,7-11H2,1-6H3. The molecule has 0 aromatic rings. The van der Waals surface area contributed by atoms with Crippen molar-refractivity contribution >= 4 is 0 Å². The van der Waals surface area contributed by atoms with Gasteiger partial charge in [-0.3, -0.25) is 4.90 Å². The van der Waals surface area contributed by atoms with Gasteiger partial charge in [0, 0.05) is 24.2 Å². The van der Waals surface area contributed by atoms with Crippen LogP contribution in [0.15, 0.2) is 0 Å². The lowest BCUT2D eigenvalue weighted by molar-refractivity contribution is 0.147. The second-order valence-corrected chi connectivity index (χ2v) is 7.05. The molecule has 0 heterocycles. The number of hydrogen-bond donors (Lipinski definition) is 1. The molecule has 0 bridgehead atoms. The number of nitrogens with one attached hydrogen (secondary N) is 1. The van der Waals surface area contributed by atoms with E-state index in [1.165, 1.54) is 25.8 Å². The van der Waals surface area contributed by atoms with Crippen LogP contribution in [0, 0.1) is 5.92 Å². The van der Waals surface area contributed by atoms with Gasteiger partial charge in [0.2, 0.25) is 0 Å². The van der Waals surface area contributed by atoms with Gasteiger partial charge in [0.05, 0.1) is 0 Å². The molecule has 0 radical (unpaired) electrons. The molecule has 17 heavy (non-hydrogen) atoms. The van der Waals surface area contributed by atoms with Crippen LogP contribution < -0.4 is 5.32 Å². The van der Waals surface area contributed by atoms with Crippen LogP contribution in [0.25, 0.3) is 0 Å². The Balaban J connectivity index is 2.28. The molecule has 0 amide bonds. The van der Waals surface area contributed by atoms with E-state index in [2.05, 4.69) is 51.8 Å². The molecule has 1 unspecified atom stereocenters. The van der Waals surface area contributed by atoms with Crippen molar-refractivity contribution in [2.24, 2.45) is 5.92 Å². The number of hydrogen-bond acceptors (Lipinski definition) is 2. The van der Waals surface area contributed by atoms with Crippen LogP contribution in [0.1, 0.15) is 60.8 Å². The first-order valence-corrected chi connectivity index (χ1v) is 7.30.